The molecule has 0 aromatic heterocycles. The van der Waals surface area contributed by atoms with Crippen LogP contribution in [0.1, 0.15) is 6.42 Å². The van der Waals surface area contributed by atoms with Gasteiger partial charge in [0.2, 0.25) is 0 Å². The summed E-state index contributed by atoms with van der Waals surface area (Å²) < 4.78 is 12.9. The molecule has 0 amide bonds. The first-order valence-electron chi connectivity index (χ1n) is 4.98. The smallest absolute Gasteiger partial charge is 0.125 e. The Bertz CT molecular complexity index is 306. The van der Waals surface area contributed by atoms with E-state index in [0.29, 0.717) is 13.0 Å². The summed E-state index contributed by atoms with van der Waals surface area (Å²) in [6.07, 6.45) is 0.102. The molecule has 3 N–H and O–H groups in total. The molecule has 1 aromatic carbocycles. The fraction of sp³-hybridized carbons (Fsp3) is 0.455. The van der Waals surface area contributed by atoms with Crippen molar-refractivity contribution in [2.75, 3.05) is 25.0 Å². The lowest BCUT2D eigenvalue weighted by molar-refractivity contribution is 0.175. The zero-order valence-electron chi connectivity index (χ0n) is 8.86. The number of anilines is 1. The second-order valence-corrected chi connectivity index (χ2v) is 3.58. The first-order valence-corrected chi connectivity index (χ1v) is 4.98. The van der Waals surface area contributed by atoms with Gasteiger partial charge < -0.3 is 15.7 Å². The van der Waals surface area contributed by atoms with Gasteiger partial charge in [0.05, 0.1) is 6.10 Å². The van der Waals surface area contributed by atoms with E-state index in [0.717, 1.165) is 5.69 Å². The summed E-state index contributed by atoms with van der Waals surface area (Å²) in [7, 11) is 1.86. The fourth-order valence-electron chi connectivity index (χ4n) is 1.30. The third-order valence-corrected chi connectivity index (χ3v) is 2.32. The van der Waals surface area contributed by atoms with Gasteiger partial charge in [-0.2, -0.15) is 0 Å². The molecule has 0 fully saturated rings. The zero-order valence-corrected chi connectivity index (χ0v) is 8.86. The maximum Gasteiger partial charge on any atom is 0.125 e. The Labute approximate surface area is 89.3 Å². The van der Waals surface area contributed by atoms with Crippen molar-refractivity contribution >= 4 is 5.69 Å². The number of nitrogens with two attached hydrogens (primary N) is 1. The van der Waals surface area contributed by atoms with Crippen LogP contribution < -0.4 is 10.6 Å². The quantitative estimate of drug-likeness (QED) is 0.764. The van der Waals surface area contributed by atoms with Gasteiger partial charge in [-0.05, 0) is 24.6 Å². The highest BCUT2D eigenvalue weighted by atomic mass is 19.1. The van der Waals surface area contributed by atoms with Crippen LogP contribution in [-0.4, -0.2) is 31.3 Å². The topological polar surface area (TPSA) is 49.5 Å². The molecule has 0 aliphatic rings. The average Bonchev–Trinajstić information content (AvgIpc) is 2.25. The Balaban J connectivity index is 2.50. The molecule has 84 valence electrons. The van der Waals surface area contributed by atoms with Crippen LogP contribution in [0.2, 0.25) is 0 Å². The minimum Gasteiger partial charge on any atom is -0.392 e. The first-order chi connectivity index (χ1) is 7.13. The molecule has 0 spiro atoms. The predicted molar refractivity (Wildman–Crippen MR) is 59.3 cm³/mol. The SMILES string of the molecule is CN(CCC(O)CN)c1cccc(F)c1. The van der Waals surface area contributed by atoms with Crippen molar-refractivity contribution in [3.8, 4) is 0 Å². The number of hydrogen-bond donors (Lipinski definition) is 2. The summed E-state index contributed by atoms with van der Waals surface area (Å²) >= 11 is 0. The normalized spacial score (nSPS) is 12.5. The average molecular weight is 212 g/mol. The van der Waals surface area contributed by atoms with Crippen molar-refractivity contribution in [2.45, 2.75) is 12.5 Å². The third-order valence-electron chi connectivity index (χ3n) is 2.32. The molecule has 1 rings (SSSR count). The van der Waals surface area contributed by atoms with Gasteiger partial charge in [-0.1, -0.05) is 6.07 Å². The van der Waals surface area contributed by atoms with Crippen LogP contribution >= 0.6 is 0 Å². The van der Waals surface area contributed by atoms with Gasteiger partial charge >= 0.3 is 0 Å². The first kappa shape index (κ1) is 11.9. The summed E-state index contributed by atoms with van der Waals surface area (Å²) in [5.74, 6) is -0.251. The van der Waals surface area contributed by atoms with E-state index >= 15 is 0 Å². The minimum absolute atomic E-state index is 0.251. The third kappa shape index (κ3) is 3.85. The summed E-state index contributed by atoms with van der Waals surface area (Å²) in [6, 6.07) is 6.37. The maximum atomic E-state index is 12.9. The molecule has 3 nitrogen and oxygen atoms in total. The molecule has 0 aliphatic heterocycles. The van der Waals surface area contributed by atoms with Crippen molar-refractivity contribution in [3.05, 3.63) is 30.1 Å². The molecule has 1 unspecified atom stereocenters. The van der Waals surface area contributed by atoms with Crippen LogP contribution in [0.15, 0.2) is 24.3 Å². The molecule has 0 saturated carbocycles. The lowest BCUT2D eigenvalue weighted by Crippen LogP contribution is -2.27. The molecule has 0 heterocycles. The van der Waals surface area contributed by atoms with Gasteiger partial charge in [-0.3, -0.25) is 0 Å². The number of benzene rings is 1. The molecule has 1 atom stereocenters. The minimum atomic E-state index is -0.485. The van der Waals surface area contributed by atoms with Crippen molar-refractivity contribution < 1.29 is 9.50 Å². The predicted octanol–water partition coefficient (Wildman–Crippen LogP) is 0.972. The van der Waals surface area contributed by atoms with E-state index in [-0.39, 0.29) is 12.4 Å². The van der Waals surface area contributed by atoms with E-state index < -0.39 is 6.10 Å². The van der Waals surface area contributed by atoms with Gasteiger partial charge in [-0.25, -0.2) is 4.39 Å². The summed E-state index contributed by atoms with van der Waals surface area (Å²) in [5, 5.41) is 9.28. The van der Waals surface area contributed by atoms with Crippen LogP contribution in [0.4, 0.5) is 10.1 Å². The van der Waals surface area contributed by atoms with Crippen LogP contribution in [0, 0.1) is 5.82 Å². The molecular weight excluding hydrogens is 195 g/mol. The molecule has 0 bridgehead atoms. The van der Waals surface area contributed by atoms with E-state index in [1.54, 1.807) is 6.07 Å². The second kappa shape index (κ2) is 5.68. The van der Waals surface area contributed by atoms with Gasteiger partial charge in [0, 0.05) is 25.8 Å². The van der Waals surface area contributed by atoms with Crippen LogP contribution in [0.3, 0.4) is 0 Å². The number of nitrogens with zero attached hydrogens (tertiary/aromatic N) is 1. The number of hydrogen-bond acceptors (Lipinski definition) is 3. The van der Waals surface area contributed by atoms with Gasteiger partial charge in [-0.15, -0.1) is 0 Å². The van der Waals surface area contributed by atoms with Gasteiger partial charge in [0.25, 0.3) is 0 Å². The summed E-state index contributed by atoms with van der Waals surface area (Å²) in [5.41, 5.74) is 6.10. The zero-order chi connectivity index (χ0) is 11.3. The maximum absolute atomic E-state index is 12.9. The van der Waals surface area contributed by atoms with E-state index in [4.69, 9.17) is 5.73 Å². The van der Waals surface area contributed by atoms with E-state index in [9.17, 15) is 9.50 Å². The number of halogens is 1. The molecule has 1 aromatic rings. The summed E-state index contributed by atoms with van der Waals surface area (Å²) in [4.78, 5) is 1.89. The monoisotopic (exact) mass is 212 g/mol. The van der Waals surface area contributed by atoms with Crippen LogP contribution in [0.5, 0.6) is 0 Å². The molecule has 4 heteroatoms. The Morgan fingerprint density at radius 3 is 2.87 bits per heavy atom. The van der Waals surface area contributed by atoms with E-state index in [1.165, 1.54) is 12.1 Å². The van der Waals surface area contributed by atoms with Crippen molar-refractivity contribution in [1.82, 2.24) is 0 Å². The van der Waals surface area contributed by atoms with E-state index in [1.807, 2.05) is 18.0 Å². The summed E-state index contributed by atoms with van der Waals surface area (Å²) in [6.45, 7) is 0.915. The Morgan fingerprint density at radius 2 is 2.27 bits per heavy atom. The van der Waals surface area contributed by atoms with Crippen molar-refractivity contribution in [1.29, 1.82) is 0 Å². The lowest BCUT2D eigenvalue weighted by atomic mass is 10.2. The highest BCUT2D eigenvalue weighted by Crippen LogP contribution is 2.14. The van der Waals surface area contributed by atoms with Crippen molar-refractivity contribution in [2.24, 2.45) is 5.73 Å². The Hall–Kier alpha value is -1.13. The van der Waals surface area contributed by atoms with Gasteiger partial charge in [0.15, 0.2) is 0 Å². The van der Waals surface area contributed by atoms with Crippen LogP contribution in [-0.2, 0) is 0 Å². The van der Waals surface area contributed by atoms with Crippen molar-refractivity contribution in [3.63, 3.8) is 0 Å². The Kier molecular flexibility index (Phi) is 4.52. The number of aliphatic hydroxyl groups excluding tert-OH is 1. The molecular formula is C11H17FN2O. The highest BCUT2D eigenvalue weighted by molar-refractivity contribution is 5.45. The number of rotatable bonds is 5. The molecule has 0 radical (unpaired) electrons. The molecule has 0 aliphatic carbocycles. The van der Waals surface area contributed by atoms with E-state index in [2.05, 4.69) is 0 Å². The second-order valence-electron chi connectivity index (χ2n) is 3.58. The van der Waals surface area contributed by atoms with Crippen LogP contribution in [0.25, 0.3) is 0 Å². The largest absolute Gasteiger partial charge is 0.392 e. The standard InChI is InChI=1S/C11H17FN2O/c1-14(6-5-11(15)8-13)10-4-2-3-9(12)7-10/h2-4,7,11,15H,5-6,8,13H2,1H3. The molecule has 15 heavy (non-hydrogen) atoms. The molecule has 0 saturated heterocycles. The Morgan fingerprint density at radius 1 is 1.53 bits per heavy atom. The van der Waals surface area contributed by atoms with Gasteiger partial charge in [0.1, 0.15) is 5.82 Å². The number of aliphatic hydroxyl groups is 1. The lowest BCUT2D eigenvalue weighted by Gasteiger charge is -2.20. The fourth-order valence-corrected chi connectivity index (χ4v) is 1.30. The highest BCUT2D eigenvalue weighted by Gasteiger charge is 2.05.